The lowest BCUT2D eigenvalue weighted by Gasteiger charge is -2.31. The lowest BCUT2D eigenvalue weighted by Crippen LogP contribution is -2.57. The van der Waals surface area contributed by atoms with Gasteiger partial charge in [-0.1, -0.05) is 0 Å². The summed E-state index contributed by atoms with van der Waals surface area (Å²) in [5.74, 6) is -5.36. The number of nitrogens with zero attached hydrogens (tertiary/aromatic N) is 3. The van der Waals surface area contributed by atoms with Gasteiger partial charge in [-0.15, -0.1) is 0 Å². The molecule has 0 saturated carbocycles. The number of hydrogen-bond donors (Lipinski definition) is 2. The van der Waals surface area contributed by atoms with Crippen LogP contribution in [0.3, 0.4) is 0 Å². The molecule has 1 saturated heterocycles. The minimum absolute atomic E-state index is 0.564. The van der Waals surface area contributed by atoms with Gasteiger partial charge in [-0.25, -0.2) is 9.59 Å². The van der Waals surface area contributed by atoms with Crippen LogP contribution in [-0.2, 0) is 19.2 Å². The zero-order chi connectivity index (χ0) is 16.3. The number of carboxylic acid groups (broad SMARTS) is 1. The summed E-state index contributed by atoms with van der Waals surface area (Å²) in [6.07, 6.45) is 0.261. The third-order valence-electron chi connectivity index (χ3n) is 2.86. The van der Waals surface area contributed by atoms with E-state index in [0.29, 0.717) is 0 Å². The average Bonchev–Trinajstić information content (AvgIpc) is 2.41. The van der Waals surface area contributed by atoms with Gasteiger partial charge in [0.25, 0.3) is 0 Å². The van der Waals surface area contributed by atoms with Crippen LogP contribution < -0.4 is 5.73 Å². The maximum absolute atomic E-state index is 11.8. The van der Waals surface area contributed by atoms with Gasteiger partial charge in [-0.2, -0.15) is 0 Å². The molecular formula is C11H14N4O6. The van der Waals surface area contributed by atoms with Gasteiger partial charge in [0, 0.05) is 20.3 Å². The maximum atomic E-state index is 11.8. The van der Waals surface area contributed by atoms with Crippen LogP contribution in [0.15, 0.2) is 4.99 Å². The number of barbiturate groups is 1. The van der Waals surface area contributed by atoms with Crippen molar-refractivity contribution in [3.63, 3.8) is 0 Å². The third kappa shape index (κ3) is 3.41. The van der Waals surface area contributed by atoms with Gasteiger partial charge in [0.15, 0.2) is 12.0 Å². The summed E-state index contributed by atoms with van der Waals surface area (Å²) in [5.41, 5.74) is 4.89. The molecule has 10 nitrogen and oxygen atoms in total. The van der Waals surface area contributed by atoms with Crippen molar-refractivity contribution in [3.8, 4) is 0 Å². The lowest BCUT2D eigenvalue weighted by molar-refractivity contribution is -0.144. The quantitative estimate of drug-likeness (QED) is 0.445. The van der Waals surface area contributed by atoms with Crippen LogP contribution in [0.5, 0.6) is 0 Å². The Morgan fingerprint density at radius 3 is 2.14 bits per heavy atom. The van der Waals surface area contributed by atoms with Gasteiger partial charge in [0.1, 0.15) is 0 Å². The Bertz CT molecular complexity index is 519. The molecule has 0 radical (unpaired) electrons. The molecule has 1 aliphatic heterocycles. The van der Waals surface area contributed by atoms with E-state index in [2.05, 4.69) is 4.99 Å². The molecule has 0 aromatic carbocycles. The fourth-order valence-electron chi connectivity index (χ4n) is 1.65. The topological polar surface area (TPSA) is 150 Å². The van der Waals surface area contributed by atoms with Crippen molar-refractivity contribution in [3.05, 3.63) is 0 Å². The highest BCUT2D eigenvalue weighted by molar-refractivity contribution is 6.23. The summed E-state index contributed by atoms with van der Waals surface area (Å²) in [7, 11) is 2.37. The van der Waals surface area contributed by atoms with E-state index in [1.165, 1.54) is 14.1 Å². The zero-order valence-corrected chi connectivity index (χ0v) is 11.3. The first-order valence-electron chi connectivity index (χ1n) is 5.80. The second kappa shape index (κ2) is 6.11. The molecule has 1 fully saturated rings. The number of carbonyl (C=O) groups excluding carboxylic acids is 4. The smallest absolute Gasteiger partial charge is 0.332 e. The Morgan fingerprint density at radius 2 is 1.76 bits per heavy atom. The predicted octanol–water partition coefficient (Wildman–Crippen LogP) is -1.95. The van der Waals surface area contributed by atoms with E-state index in [4.69, 9.17) is 10.8 Å². The molecule has 1 aliphatic rings. The van der Waals surface area contributed by atoms with Crippen LogP contribution in [0.25, 0.3) is 0 Å². The average molecular weight is 298 g/mol. The SMILES string of the molecule is CN1C(=O)C(C=N[C@H](CC(N)=O)C(=O)O)C(=O)N(C)C1=O. The van der Waals surface area contributed by atoms with E-state index in [1.54, 1.807) is 0 Å². The van der Waals surface area contributed by atoms with Crippen molar-refractivity contribution < 1.29 is 29.1 Å². The fraction of sp³-hybridized carbons (Fsp3) is 0.455. The second-order valence-corrected chi connectivity index (χ2v) is 4.38. The number of hydrogen-bond acceptors (Lipinski definition) is 6. The molecule has 0 aromatic rings. The number of imide groups is 2. The van der Waals surface area contributed by atoms with E-state index in [1.807, 2.05) is 0 Å². The van der Waals surface area contributed by atoms with Gasteiger partial charge in [0.2, 0.25) is 17.7 Å². The Morgan fingerprint density at radius 1 is 1.29 bits per heavy atom. The van der Waals surface area contributed by atoms with Crippen molar-refractivity contribution >= 4 is 35.9 Å². The van der Waals surface area contributed by atoms with Gasteiger partial charge in [-0.05, 0) is 0 Å². The first-order valence-corrected chi connectivity index (χ1v) is 5.80. The van der Waals surface area contributed by atoms with Crippen LogP contribution >= 0.6 is 0 Å². The summed E-state index contributed by atoms with van der Waals surface area (Å²) in [4.78, 5) is 61.8. The highest BCUT2D eigenvalue weighted by atomic mass is 16.4. The summed E-state index contributed by atoms with van der Waals surface area (Å²) < 4.78 is 0. The summed E-state index contributed by atoms with van der Waals surface area (Å²) in [5, 5.41) is 8.86. The van der Waals surface area contributed by atoms with E-state index in [-0.39, 0.29) is 0 Å². The molecule has 0 unspecified atom stereocenters. The molecule has 21 heavy (non-hydrogen) atoms. The van der Waals surface area contributed by atoms with Crippen LogP contribution in [-0.4, -0.2) is 71.0 Å². The molecule has 1 rings (SSSR count). The predicted molar refractivity (Wildman–Crippen MR) is 68.2 cm³/mol. The Labute approximate surface area is 119 Å². The van der Waals surface area contributed by atoms with Crippen molar-refractivity contribution in [2.24, 2.45) is 16.6 Å². The molecule has 5 amide bonds. The maximum Gasteiger partial charge on any atom is 0.332 e. The largest absolute Gasteiger partial charge is 0.480 e. The van der Waals surface area contributed by atoms with Gasteiger partial charge < -0.3 is 10.8 Å². The van der Waals surface area contributed by atoms with E-state index < -0.39 is 48.1 Å². The number of primary amides is 1. The standard InChI is InChI=1S/C11H14N4O6/c1-14-8(17)5(9(18)15(2)11(14)21)4-13-6(10(19)20)3-7(12)16/h4-6H,3H2,1-2H3,(H2,12,16)(H,19,20)/t6-/m1/s1. The van der Waals surface area contributed by atoms with Crippen LogP contribution in [0.2, 0.25) is 0 Å². The number of carboxylic acids is 1. The van der Waals surface area contributed by atoms with Crippen molar-refractivity contribution in [2.75, 3.05) is 14.1 Å². The van der Waals surface area contributed by atoms with Crippen LogP contribution in [0.1, 0.15) is 6.42 Å². The zero-order valence-electron chi connectivity index (χ0n) is 11.3. The van der Waals surface area contributed by atoms with E-state index >= 15 is 0 Å². The Kier molecular flexibility index (Phi) is 4.74. The number of carbonyl (C=O) groups is 5. The number of nitrogens with two attached hydrogens (primary N) is 1. The number of amides is 5. The molecule has 1 atom stereocenters. The first kappa shape index (κ1) is 16.3. The minimum Gasteiger partial charge on any atom is -0.480 e. The lowest BCUT2D eigenvalue weighted by atomic mass is 10.1. The van der Waals surface area contributed by atoms with Crippen molar-refractivity contribution in [2.45, 2.75) is 12.5 Å². The first-order chi connectivity index (χ1) is 9.66. The highest BCUT2D eigenvalue weighted by Gasteiger charge is 2.41. The van der Waals surface area contributed by atoms with Crippen LogP contribution in [0.4, 0.5) is 4.79 Å². The Hall–Kier alpha value is -2.78. The van der Waals surface area contributed by atoms with Crippen molar-refractivity contribution in [1.82, 2.24) is 9.80 Å². The molecule has 3 N–H and O–H groups in total. The Balaban J connectivity index is 2.98. The van der Waals surface area contributed by atoms with E-state index in [9.17, 15) is 24.0 Å². The molecule has 0 bridgehead atoms. The summed E-state index contributed by atoms with van der Waals surface area (Å²) >= 11 is 0. The number of urea groups is 1. The molecular weight excluding hydrogens is 284 g/mol. The van der Waals surface area contributed by atoms with Gasteiger partial charge in [0.05, 0.1) is 6.42 Å². The van der Waals surface area contributed by atoms with Crippen molar-refractivity contribution in [1.29, 1.82) is 0 Å². The minimum atomic E-state index is -1.49. The fourth-order valence-corrected chi connectivity index (χ4v) is 1.65. The molecule has 0 aromatic heterocycles. The molecule has 1 heterocycles. The highest BCUT2D eigenvalue weighted by Crippen LogP contribution is 2.14. The van der Waals surface area contributed by atoms with Crippen LogP contribution in [0, 0.1) is 5.92 Å². The number of rotatable bonds is 5. The van der Waals surface area contributed by atoms with E-state index in [0.717, 1.165) is 16.0 Å². The summed E-state index contributed by atoms with van der Waals surface area (Å²) in [6, 6.07) is -2.28. The third-order valence-corrected chi connectivity index (χ3v) is 2.86. The second-order valence-electron chi connectivity index (χ2n) is 4.38. The number of aliphatic carboxylic acids is 1. The molecule has 114 valence electrons. The molecule has 10 heteroatoms. The molecule has 0 spiro atoms. The molecule has 0 aliphatic carbocycles. The summed E-state index contributed by atoms with van der Waals surface area (Å²) in [6.45, 7) is 0. The van der Waals surface area contributed by atoms with Gasteiger partial charge >= 0.3 is 12.0 Å². The normalized spacial score (nSPS) is 18.5. The monoisotopic (exact) mass is 298 g/mol. The van der Waals surface area contributed by atoms with Gasteiger partial charge in [-0.3, -0.25) is 29.2 Å². The number of aliphatic imine (C=N–C) groups is 1.